The van der Waals surface area contributed by atoms with Gasteiger partial charge in [0.15, 0.2) is 6.10 Å². The van der Waals surface area contributed by atoms with Crippen LogP contribution in [0.4, 0.5) is 4.79 Å². The van der Waals surface area contributed by atoms with Crippen molar-refractivity contribution in [2.45, 2.75) is 31.1 Å². The van der Waals surface area contributed by atoms with Crippen molar-refractivity contribution in [1.82, 2.24) is 4.90 Å². The third-order valence-corrected chi connectivity index (χ3v) is 3.74. The normalized spacial score (nSPS) is 28.1. The molecule has 1 heterocycles. The summed E-state index contributed by atoms with van der Waals surface area (Å²) < 4.78 is 5.33. The fraction of sp³-hybridized carbons (Fsp3) is 0.462. The van der Waals surface area contributed by atoms with Crippen molar-refractivity contribution in [2.75, 3.05) is 6.54 Å². The molecule has 0 spiro atoms. The number of hydrogen-bond acceptors (Lipinski definition) is 3. The average Bonchev–Trinajstić information content (AvgIpc) is 3.17. The minimum absolute atomic E-state index is 0.249. The second kappa shape index (κ2) is 4.44. The molecule has 96 valence electrons. The van der Waals surface area contributed by atoms with Crippen LogP contribution in [-0.4, -0.2) is 34.8 Å². The Morgan fingerprint density at radius 1 is 1.33 bits per heavy atom. The molecule has 1 aliphatic heterocycles. The molecule has 4 nitrogen and oxygen atoms in total. The van der Waals surface area contributed by atoms with Gasteiger partial charge in [-0.2, -0.15) is 0 Å². The largest absolute Gasteiger partial charge is 0.438 e. The summed E-state index contributed by atoms with van der Waals surface area (Å²) in [7, 11) is 0. The Kier molecular flexibility index (Phi) is 2.92. The molecule has 1 aromatic rings. The zero-order valence-corrected chi connectivity index (χ0v) is 10.5. The summed E-state index contributed by atoms with van der Waals surface area (Å²) in [5, 5.41) is 10.6. The maximum Gasteiger partial charge on any atom is 0.410 e. The number of ether oxygens (including phenoxy) is 1. The highest BCUT2D eigenvalue weighted by Crippen LogP contribution is 2.36. The van der Waals surface area contributed by atoms with Crippen molar-refractivity contribution in [1.29, 1.82) is 0 Å². The lowest BCUT2D eigenvalue weighted by Gasteiger charge is -2.36. The summed E-state index contributed by atoms with van der Waals surface area (Å²) in [4.78, 5) is 13.5. The van der Waals surface area contributed by atoms with Gasteiger partial charge in [-0.25, -0.2) is 4.79 Å². The molecule has 1 N–H and O–H groups in total. The SMILES string of the molecule is O=C1OC(c2ccccc2Cl)C(O)CN1C1CC1. The number of carbonyl (C=O) groups excluding carboxylic acids is 1. The number of aliphatic hydroxyl groups excluding tert-OH is 1. The third kappa shape index (κ3) is 2.06. The minimum atomic E-state index is -0.733. The summed E-state index contributed by atoms with van der Waals surface area (Å²) in [6.07, 6.45) is 0.245. The number of rotatable bonds is 2. The van der Waals surface area contributed by atoms with E-state index in [1.54, 1.807) is 23.1 Å². The van der Waals surface area contributed by atoms with E-state index in [9.17, 15) is 9.90 Å². The summed E-state index contributed by atoms with van der Waals surface area (Å²) in [6, 6.07) is 7.37. The maximum absolute atomic E-state index is 11.9. The first-order valence-corrected chi connectivity index (χ1v) is 6.44. The number of β-amino-alcohol motifs (C(OH)–C–C–N with tert-alkyl or cyclic N) is 1. The number of cyclic esters (lactones) is 1. The van der Waals surface area contributed by atoms with Crippen molar-refractivity contribution in [2.24, 2.45) is 0 Å². The highest BCUT2D eigenvalue weighted by atomic mass is 35.5. The Balaban J connectivity index is 1.82. The van der Waals surface area contributed by atoms with E-state index in [2.05, 4.69) is 0 Å². The number of benzene rings is 1. The van der Waals surface area contributed by atoms with E-state index in [1.165, 1.54) is 0 Å². The van der Waals surface area contributed by atoms with Crippen LogP contribution in [0.1, 0.15) is 24.5 Å². The zero-order chi connectivity index (χ0) is 12.7. The molecule has 3 rings (SSSR count). The molecule has 18 heavy (non-hydrogen) atoms. The number of aliphatic hydroxyl groups is 1. The summed E-state index contributed by atoms with van der Waals surface area (Å²) in [5.74, 6) is 0. The molecule has 2 unspecified atom stereocenters. The summed E-state index contributed by atoms with van der Waals surface area (Å²) >= 11 is 6.07. The van der Waals surface area contributed by atoms with Crippen molar-refractivity contribution in [3.05, 3.63) is 34.9 Å². The van der Waals surface area contributed by atoms with Crippen LogP contribution in [0.5, 0.6) is 0 Å². The molecule has 0 radical (unpaired) electrons. The molecular formula is C13H14ClNO3. The number of amides is 1. The molecule has 2 fully saturated rings. The highest BCUT2D eigenvalue weighted by molar-refractivity contribution is 6.31. The molecule has 2 aliphatic rings. The monoisotopic (exact) mass is 267 g/mol. The van der Waals surface area contributed by atoms with Crippen LogP contribution >= 0.6 is 11.6 Å². The summed E-state index contributed by atoms with van der Waals surface area (Å²) in [6.45, 7) is 0.319. The molecular weight excluding hydrogens is 254 g/mol. The molecule has 0 bridgehead atoms. The van der Waals surface area contributed by atoms with Crippen LogP contribution in [0, 0.1) is 0 Å². The first-order valence-electron chi connectivity index (χ1n) is 6.06. The van der Waals surface area contributed by atoms with E-state index in [0.29, 0.717) is 17.1 Å². The van der Waals surface area contributed by atoms with Crippen molar-refractivity contribution in [3.8, 4) is 0 Å². The number of carbonyl (C=O) groups is 1. The second-order valence-electron chi connectivity index (χ2n) is 4.78. The molecule has 5 heteroatoms. The summed E-state index contributed by atoms with van der Waals surface area (Å²) in [5.41, 5.74) is 0.662. The minimum Gasteiger partial charge on any atom is -0.438 e. The van der Waals surface area contributed by atoms with Gasteiger partial charge in [-0.15, -0.1) is 0 Å². The van der Waals surface area contributed by atoms with Crippen LogP contribution in [-0.2, 0) is 4.74 Å². The van der Waals surface area contributed by atoms with E-state index in [-0.39, 0.29) is 12.1 Å². The maximum atomic E-state index is 11.9. The van der Waals surface area contributed by atoms with Gasteiger partial charge in [0.2, 0.25) is 0 Å². The molecule has 1 saturated carbocycles. The number of nitrogens with zero attached hydrogens (tertiary/aromatic N) is 1. The van der Waals surface area contributed by atoms with E-state index in [4.69, 9.17) is 16.3 Å². The van der Waals surface area contributed by atoms with E-state index in [1.807, 2.05) is 6.07 Å². The van der Waals surface area contributed by atoms with Gasteiger partial charge in [-0.05, 0) is 18.9 Å². The second-order valence-corrected chi connectivity index (χ2v) is 5.18. The Morgan fingerprint density at radius 2 is 2.06 bits per heavy atom. The number of hydrogen-bond donors (Lipinski definition) is 1. The smallest absolute Gasteiger partial charge is 0.410 e. The van der Waals surface area contributed by atoms with Gasteiger partial charge in [0, 0.05) is 16.6 Å². The van der Waals surface area contributed by atoms with Gasteiger partial charge < -0.3 is 14.7 Å². The number of halogens is 1. The quantitative estimate of drug-likeness (QED) is 0.895. The third-order valence-electron chi connectivity index (χ3n) is 3.39. The lowest BCUT2D eigenvalue weighted by atomic mass is 10.0. The van der Waals surface area contributed by atoms with Gasteiger partial charge in [-0.3, -0.25) is 0 Å². The van der Waals surface area contributed by atoms with Crippen LogP contribution in [0.25, 0.3) is 0 Å². The van der Waals surface area contributed by atoms with Crippen LogP contribution in [0.15, 0.2) is 24.3 Å². The van der Waals surface area contributed by atoms with E-state index < -0.39 is 12.2 Å². The van der Waals surface area contributed by atoms with Crippen LogP contribution < -0.4 is 0 Å². The Bertz CT molecular complexity index is 475. The highest BCUT2D eigenvalue weighted by Gasteiger charge is 2.42. The predicted molar refractivity (Wildman–Crippen MR) is 66.4 cm³/mol. The first-order chi connectivity index (χ1) is 8.66. The van der Waals surface area contributed by atoms with Crippen LogP contribution in [0.3, 0.4) is 0 Å². The Hall–Kier alpha value is -1.26. The Labute approximate surface area is 110 Å². The zero-order valence-electron chi connectivity index (χ0n) is 9.75. The van der Waals surface area contributed by atoms with Gasteiger partial charge in [0.25, 0.3) is 0 Å². The molecule has 1 amide bonds. The molecule has 2 atom stereocenters. The molecule has 1 aromatic carbocycles. The fourth-order valence-corrected chi connectivity index (χ4v) is 2.53. The fourth-order valence-electron chi connectivity index (χ4n) is 2.29. The van der Waals surface area contributed by atoms with Gasteiger partial charge in [-0.1, -0.05) is 29.8 Å². The van der Waals surface area contributed by atoms with E-state index >= 15 is 0 Å². The average molecular weight is 268 g/mol. The van der Waals surface area contributed by atoms with Crippen molar-refractivity contribution >= 4 is 17.7 Å². The van der Waals surface area contributed by atoms with Gasteiger partial charge >= 0.3 is 6.09 Å². The Morgan fingerprint density at radius 3 is 2.72 bits per heavy atom. The molecule has 0 aromatic heterocycles. The molecule has 1 saturated heterocycles. The first kappa shape index (κ1) is 11.8. The standard InChI is InChI=1S/C13H14ClNO3/c14-10-4-2-1-3-9(10)12-11(16)7-15(8-5-6-8)13(17)18-12/h1-4,8,11-12,16H,5-7H2. The van der Waals surface area contributed by atoms with Crippen LogP contribution in [0.2, 0.25) is 5.02 Å². The predicted octanol–water partition coefficient (Wildman–Crippen LogP) is 2.36. The van der Waals surface area contributed by atoms with Crippen molar-refractivity contribution < 1.29 is 14.6 Å². The van der Waals surface area contributed by atoms with E-state index in [0.717, 1.165) is 12.8 Å². The lowest BCUT2D eigenvalue weighted by molar-refractivity contribution is -0.0620. The lowest BCUT2D eigenvalue weighted by Crippen LogP contribution is -2.48. The van der Waals surface area contributed by atoms with Gasteiger partial charge in [0.1, 0.15) is 6.10 Å². The topological polar surface area (TPSA) is 49.8 Å². The molecule has 1 aliphatic carbocycles. The van der Waals surface area contributed by atoms with Crippen molar-refractivity contribution in [3.63, 3.8) is 0 Å². The van der Waals surface area contributed by atoms with Gasteiger partial charge in [0.05, 0.1) is 6.54 Å².